The van der Waals surface area contributed by atoms with Gasteiger partial charge in [-0.05, 0) is 37.5 Å². The van der Waals surface area contributed by atoms with Crippen molar-refractivity contribution in [2.45, 2.75) is 55.5 Å². The zero-order valence-electron chi connectivity index (χ0n) is 16.0. The van der Waals surface area contributed by atoms with E-state index in [2.05, 4.69) is 5.32 Å². The second-order valence-corrected chi connectivity index (χ2v) is 9.70. The fraction of sp³-hybridized carbons (Fsp3) is 0.409. The third-order valence-corrected chi connectivity index (χ3v) is 7.84. The normalized spacial score (nSPS) is 26.2. The van der Waals surface area contributed by atoms with Crippen molar-refractivity contribution in [3.8, 4) is 0 Å². The third-order valence-electron chi connectivity index (χ3n) is 5.93. The van der Waals surface area contributed by atoms with Crippen LogP contribution < -0.4 is 5.32 Å². The van der Waals surface area contributed by atoms with Crippen molar-refractivity contribution in [2.24, 2.45) is 0 Å². The Labute approximate surface area is 166 Å². The second-order valence-electron chi connectivity index (χ2n) is 7.81. The Bertz CT molecular complexity index is 942. The van der Waals surface area contributed by atoms with Crippen LogP contribution in [0, 0.1) is 6.92 Å². The van der Waals surface area contributed by atoms with Gasteiger partial charge in [-0.25, -0.2) is 8.42 Å². The van der Waals surface area contributed by atoms with Crippen molar-refractivity contribution >= 4 is 15.9 Å². The highest BCUT2D eigenvalue weighted by atomic mass is 32.2. The maximum absolute atomic E-state index is 13.5. The molecular weight excluding hydrogens is 372 g/mol. The van der Waals surface area contributed by atoms with Gasteiger partial charge in [0.25, 0.3) is 0 Å². The third kappa shape index (κ3) is 3.59. The Morgan fingerprint density at radius 1 is 1.00 bits per heavy atom. The quantitative estimate of drug-likeness (QED) is 0.863. The fourth-order valence-corrected chi connectivity index (χ4v) is 6.14. The van der Waals surface area contributed by atoms with Crippen molar-refractivity contribution in [3.05, 3.63) is 65.7 Å². The van der Waals surface area contributed by atoms with E-state index in [1.54, 1.807) is 16.4 Å². The van der Waals surface area contributed by atoms with Crippen molar-refractivity contribution in [1.82, 2.24) is 9.62 Å². The van der Waals surface area contributed by atoms with Crippen molar-refractivity contribution in [2.75, 3.05) is 6.54 Å². The summed E-state index contributed by atoms with van der Waals surface area (Å²) in [6.07, 6.45) is 2.92. The Morgan fingerprint density at radius 3 is 2.43 bits per heavy atom. The van der Waals surface area contributed by atoms with Crippen LogP contribution in [-0.2, 0) is 14.8 Å². The predicted octanol–water partition coefficient (Wildman–Crippen LogP) is 3.21. The van der Waals surface area contributed by atoms with Crippen LogP contribution >= 0.6 is 0 Å². The molecule has 4 rings (SSSR count). The molecule has 2 saturated heterocycles. The molecule has 148 valence electrons. The van der Waals surface area contributed by atoms with Crippen molar-refractivity contribution in [1.29, 1.82) is 0 Å². The average Bonchev–Trinajstić information content (AvgIpc) is 3.03. The minimum Gasteiger partial charge on any atom is -0.351 e. The zero-order valence-corrected chi connectivity index (χ0v) is 16.9. The lowest BCUT2D eigenvalue weighted by molar-refractivity contribution is -0.122. The summed E-state index contributed by atoms with van der Waals surface area (Å²) < 4.78 is 28.6. The van der Waals surface area contributed by atoms with E-state index >= 15 is 0 Å². The number of carbonyl (C=O) groups excluding carboxylic acids is 1. The van der Waals surface area contributed by atoms with Crippen LogP contribution in [0.5, 0.6) is 0 Å². The highest BCUT2D eigenvalue weighted by molar-refractivity contribution is 7.89. The van der Waals surface area contributed by atoms with Crippen LogP contribution in [-0.4, -0.2) is 37.3 Å². The number of carbonyl (C=O) groups is 1. The van der Waals surface area contributed by atoms with Gasteiger partial charge in [0.15, 0.2) is 0 Å². The summed E-state index contributed by atoms with van der Waals surface area (Å²) in [5, 5.41) is 3.15. The van der Waals surface area contributed by atoms with Gasteiger partial charge in [-0.15, -0.1) is 0 Å². The molecule has 2 aliphatic heterocycles. The number of amides is 1. The molecule has 2 aliphatic rings. The van der Waals surface area contributed by atoms with E-state index in [1.165, 1.54) is 0 Å². The summed E-state index contributed by atoms with van der Waals surface area (Å²) in [5.41, 5.74) is 2.10. The van der Waals surface area contributed by atoms with Crippen LogP contribution in [0.2, 0.25) is 0 Å². The molecule has 0 aliphatic carbocycles. The van der Waals surface area contributed by atoms with Gasteiger partial charge in [0, 0.05) is 24.9 Å². The number of nitrogens with one attached hydrogen (secondary N) is 1. The van der Waals surface area contributed by atoms with E-state index in [1.807, 2.05) is 49.4 Å². The van der Waals surface area contributed by atoms with E-state index in [0.29, 0.717) is 17.9 Å². The highest BCUT2D eigenvalue weighted by Gasteiger charge is 2.48. The van der Waals surface area contributed by atoms with Gasteiger partial charge in [-0.1, -0.05) is 54.4 Å². The van der Waals surface area contributed by atoms with E-state index in [4.69, 9.17) is 0 Å². The molecule has 0 aromatic heterocycles. The summed E-state index contributed by atoms with van der Waals surface area (Å²) in [5.74, 6) is -0.0290. The first-order valence-electron chi connectivity index (χ1n) is 9.89. The Balaban J connectivity index is 1.74. The van der Waals surface area contributed by atoms with Crippen molar-refractivity contribution < 1.29 is 13.2 Å². The molecule has 0 radical (unpaired) electrons. The lowest BCUT2D eigenvalue weighted by atomic mass is 9.88. The lowest BCUT2D eigenvalue weighted by Crippen LogP contribution is -2.48. The summed E-state index contributed by atoms with van der Waals surface area (Å²) in [6.45, 7) is 2.33. The van der Waals surface area contributed by atoms with Crippen LogP contribution in [0.25, 0.3) is 0 Å². The number of hydrogen-bond donors (Lipinski definition) is 1. The molecule has 2 aromatic carbocycles. The first-order chi connectivity index (χ1) is 13.5. The van der Waals surface area contributed by atoms with Gasteiger partial charge in [0.2, 0.25) is 15.9 Å². The maximum atomic E-state index is 13.5. The van der Waals surface area contributed by atoms with Gasteiger partial charge >= 0.3 is 0 Å². The predicted molar refractivity (Wildman–Crippen MR) is 108 cm³/mol. The van der Waals surface area contributed by atoms with E-state index in [0.717, 1.165) is 30.4 Å². The summed E-state index contributed by atoms with van der Waals surface area (Å²) >= 11 is 0. The molecular formula is C22H26N2O3S. The number of nitrogens with zero attached hydrogens (tertiary/aromatic N) is 1. The van der Waals surface area contributed by atoms with Gasteiger partial charge < -0.3 is 5.32 Å². The number of benzene rings is 2. The van der Waals surface area contributed by atoms with Crippen molar-refractivity contribution in [3.63, 3.8) is 0 Å². The highest BCUT2D eigenvalue weighted by Crippen LogP contribution is 2.38. The van der Waals surface area contributed by atoms with E-state index < -0.39 is 10.0 Å². The number of fused-ring (bicyclic) bond motifs is 1. The Kier molecular flexibility index (Phi) is 5.25. The Morgan fingerprint density at radius 2 is 1.71 bits per heavy atom. The lowest BCUT2D eigenvalue weighted by Gasteiger charge is -2.30. The first kappa shape index (κ1) is 19.2. The second kappa shape index (κ2) is 7.68. The molecule has 1 amide bonds. The van der Waals surface area contributed by atoms with Crippen LogP contribution in [0.15, 0.2) is 59.5 Å². The van der Waals surface area contributed by atoms with Gasteiger partial charge in [-0.3, -0.25) is 4.79 Å². The smallest absolute Gasteiger partial charge is 0.243 e. The molecule has 0 spiro atoms. The van der Waals surface area contributed by atoms with Gasteiger partial charge in [-0.2, -0.15) is 4.31 Å². The minimum atomic E-state index is -3.63. The molecule has 2 aromatic rings. The fourth-order valence-electron chi connectivity index (χ4n) is 4.44. The topological polar surface area (TPSA) is 66.5 Å². The number of hydrogen-bond acceptors (Lipinski definition) is 3. The molecule has 0 saturated carbocycles. The van der Waals surface area contributed by atoms with E-state index in [-0.39, 0.29) is 23.9 Å². The molecule has 5 nitrogen and oxygen atoms in total. The van der Waals surface area contributed by atoms with Crippen LogP contribution in [0.1, 0.15) is 42.7 Å². The van der Waals surface area contributed by atoms with Gasteiger partial charge in [0.1, 0.15) is 0 Å². The van der Waals surface area contributed by atoms with Crippen LogP contribution in [0.4, 0.5) is 0 Å². The van der Waals surface area contributed by atoms with E-state index in [9.17, 15) is 13.2 Å². The number of sulfonamides is 1. The summed E-state index contributed by atoms with van der Waals surface area (Å²) in [7, 11) is -3.63. The first-order valence-corrected chi connectivity index (χ1v) is 11.3. The zero-order chi connectivity index (χ0) is 19.7. The molecule has 2 fully saturated rings. The standard InChI is InChI=1S/C22H26N2O3S/c1-16-11-13-18(14-12-16)28(26,27)24-15-19(17-7-3-2-4-8-17)22-20(24)9-5-6-10-21(25)23-22/h2-4,7-8,11-14,19-20,22H,5-6,9-10,15H2,1H3,(H,23,25)/t19-,20+,22-/m0/s1. The summed E-state index contributed by atoms with van der Waals surface area (Å²) in [6, 6.07) is 16.5. The summed E-state index contributed by atoms with van der Waals surface area (Å²) in [4.78, 5) is 12.7. The molecule has 3 atom stereocenters. The molecule has 28 heavy (non-hydrogen) atoms. The molecule has 0 bridgehead atoms. The molecule has 2 heterocycles. The molecule has 0 unspecified atom stereocenters. The monoisotopic (exact) mass is 398 g/mol. The molecule has 6 heteroatoms. The van der Waals surface area contributed by atoms with Gasteiger partial charge in [0.05, 0.1) is 10.9 Å². The largest absolute Gasteiger partial charge is 0.351 e. The number of aryl methyl sites for hydroxylation is 1. The maximum Gasteiger partial charge on any atom is 0.243 e. The minimum absolute atomic E-state index is 0.0187. The molecule has 1 N–H and O–H groups in total. The van der Waals surface area contributed by atoms with Crippen LogP contribution in [0.3, 0.4) is 0 Å². The SMILES string of the molecule is Cc1ccc(S(=O)(=O)N2C[C@@H](c3ccccc3)[C@@H]3NC(=O)CCCC[C@H]32)cc1. The average molecular weight is 399 g/mol. The number of rotatable bonds is 3. The Hall–Kier alpha value is -2.18.